The zero-order chi connectivity index (χ0) is 16.1. The molecule has 0 aromatic heterocycles. The summed E-state index contributed by atoms with van der Waals surface area (Å²) in [5, 5.41) is 6.68. The van der Waals surface area contributed by atoms with Gasteiger partial charge in [-0.05, 0) is 30.4 Å². The Bertz CT molecular complexity index is 514. The van der Waals surface area contributed by atoms with Crippen LogP contribution in [-0.4, -0.2) is 43.0 Å². The standard InChI is InChI=1S/C19H29N3O.ClH/c1-2-15-7-9-16(10-8-15)18-13-20-11-12-22(18)14-19(23)21-17-5-3-4-6-17;/h7-10,17-18,20H,2-6,11-14H2,1H3,(H,21,23);1H. The number of nitrogens with zero attached hydrogens (tertiary/aromatic N) is 1. The van der Waals surface area contributed by atoms with E-state index in [1.165, 1.54) is 24.0 Å². The highest BCUT2D eigenvalue weighted by molar-refractivity contribution is 5.85. The first-order valence-corrected chi connectivity index (χ1v) is 9.09. The minimum atomic E-state index is 0. The Morgan fingerprint density at radius 3 is 2.62 bits per heavy atom. The molecule has 1 amide bonds. The molecule has 1 unspecified atom stereocenters. The molecule has 0 bridgehead atoms. The van der Waals surface area contributed by atoms with Crippen molar-refractivity contribution in [2.24, 2.45) is 0 Å². The van der Waals surface area contributed by atoms with Gasteiger partial charge in [0.25, 0.3) is 0 Å². The van der Waals surface area contributed by atoms with Crippen LogP contribution in [0.2, 0.25) is 0 Å². The van der Waals surface area contributed by atoms with Crippen LogP contribution in [0.3, 0.4) is 0 Å². The summed E-state index contributed by atoms with van der Waals surface area (Å²) in [4.78, 5) is 14.7. The van der Waals surface area contributed by atoms with Gasteiger partial charge in [-0.2, -0.15) is 0 Å². The van der Waals surface area contributed by atoms with Crippen molar-refractivity contribution >= 4 is 18.3 Å². The molecular formula is C19H30ClN3O. The molecule has 5 heteroatoms. The second-order valence-corrected chi connectivity index (χ2v) is 6.83. The molecule has 1 atom stereocenters. The number of hydrogen-bond acceptors (Lipinski definition) is 3. The third-order valence-electron chi connectivity index (χ3n) is 5.19. The van der Waals surface area contributed by atoms with Gasteiger partial charge in [0.2, 0.25) is 5.91 Å². The molecule has 1 aromatic rings. The number of benzene rings is 1. The molecule has 0 radical (unpaired) electrons. The molecule has 24 heavy (non-hydrogen) atoms. The topological polar surface area (TPSA) is 44.4 Å². The highest BCUT2D eigenvalue weighted by Crippen LogP contribution is 2.23. The molecule has 2 aliphatic rings. The normalized spacial score (nSPS) is 22.1. The van der Waals surface area contributed by atoms with Crippen LogP contribution in [0.1, 0.15) is 49.8 Å². The average molecular weight is 352 g/mol. The van der Waals surface area contributed by atoms with Crippen LogP contribution in [0, 0.1) is 0 Å². The first-order valence-electron chi connectivity index (χ1n) is 9.09. The Kier molecular flexibility index (Phi) is 7.53. The van der Waals surface area contributed by atoms with E-state index in [4.69, 9.17) is 0 Å². The van der Waals surface area contributed by atoms with E-state index in [-0.39, 0.29) is 18.3 Å². The van der Waals surface area contributed by atoms with Crippen LogP contribution in [0.25, 0.3) is 0 Å². The molecule has 1 heterocycles. The minimum Gasteiger partial charge on any atom is -0.352 e. The van der Waals surface area contributed by atoms with Gasteiger partial charge in [-0.3, -0.25) is 9.69 Å². The van der Waals surface area contributed by atoms with E-state index >= 15 is 0 Å². The van der Waals surface area contributed by atoms with Crippen molar-refractivity contribution in [1.82, 2.24) is 15.5 Å². The summed E-state index contributed by atoms with van der Waals surface area (Å²) < 4.78 is 0. The molecule has 1 aliphatic heterocycles. The number of amides is 1. The Morgan fingerprint density at radius 2 is 1.96 bits per heavy atom. The number of halogens is 1. The molecule has 1 aromatic carbocycles. The quantitative estimate of drug-likeness (QED) is 0.857. The molecule has 2 N–H and O–H groups in total. The molecule has 1 aliphatic carbocycles. The SMILES string of the molecule is CCc1ccc(C2CNCCN2CC(=O)NC2CCCC2)cc1.Cl. The maximum Gasteiger partial charge on any atom is 0.234 e. The summed E-state index contributed by atoms with van der Waals surface area (Å²) >= 11 is 0. The van der Waals surface area contributed by atoms with Gasteiger partial charge in [-0.15, -0.1) is 12.4 Å². The Hall–Kier alpha value is -1.10. The molecule has 0 spiro atoms. The second kappa shape index (κ2) is 9.40. The monoisotopic (exact) mass is 351 g/mol. The minimum absolute atomic E-state index is 0. The number of piperazine rings is 1. The number of rotatable bonds is 5. The summed E-state index contributed by atoms with van der Waals surface area (Å²) in [5.74, 6) is 0.189. The maximum absolute atomic E-state index is 12.4. The van der Waals surface area contributed by atoms with Crippen molar-refractivity contribution in [3.63, 3.8) is 0 Å². The van der Waals surface area contributed by atoms with Gasteiger partial charge in [0.05, 0.1) is 6.54 Å². The Morgan fingerprint density at radius 1 is 1.25 bits per heavy atom. The maximum atomic E-state index is 12.4. The van der Waals surface area contributed by atoms with Crippen molar-refractivity contribution < 1.29 is 4.79 Å². The summed E-state index contributed by atoms with van der Waals surface area (Å²) in [6.45, 7) is 5.50. The summed E-state index contributed by atoms with van der Waals surface area (Å²) in [7, 11) is 0. The predicted molar refractivity (Wildman–Crippen MR) is 101 cm³/mol. The third-order valence-corrected chi connectivity index (χ3v) is 5.19. The van der Waals surface area contributed by atoms with Crippen molar-refractivity contribution in [2.45, 2.75) is 51.1 Å². The lowest BCUT2D eigenvalue weighted by Crippen LogP contribution is -2.50. The van der Waals surface area contributed by atoms with Gasteiger partial charge in [0, 0.05) is 31.7 Å². The van der Waals surface area contributed by atoms with Crippen LogP contribution in [-0.2, 0) is 11.2 Å². The van der Waals surface area contributed by atoms with E-state index in [0.717, 1.165) is 38.9 Å². The fourth-order valence-corrected chi connectivity index (χ4v) is 3.77. The van der Waals surface area contributed by atoms with Crippen molar-refractivity contribution in [3.8, 4) is 0 Å². The van der Waals surface area contributed by atoms with Crippen LogP contribution < -0.4 is 10.6 Å². The molecular weight excluding hydrogens is 322 g/mol. The number of carbonyl (C=O) groups is 1. The van der Waals surface area contributed by atoms with Gasteiger partial charge in [0.1, 0.15) is 0 Å². The first kappa shape index (κ1) is 19.2. The number of nitrogens with one attached hydrogen (secondary N) is 2. The lowest BCUT2D eigenvalue weighted by Gasteiger charge is -2.36. The van der Waals surface area contributed by atoms with Gasteiger partial charge < -0.3 is 10.6 Å². The zero-order valence-electron chi connectivity index (χ0n) is 14.6. The van der Waals surface area contributed by atoms with Gasteiger partial charge in [0.15, 0.2) is 0 Å². The van der Waals surface area contributed by atoms with Crippen LogP contribution in [0.15, 0.2) is 24.3 Å². The predicted octanol–water partition coefficient (Wildman–Crippen LogP) is 2.68. The van der Waals surface area contributed by atoms with E-state index in [1.54, 1.807) is 0 Å². The average Bonchev–Trinajstić information content (AvgIpc) is 3.08. The van der Waals surface area contributed by atoms with Gasteiger partial charge >= 0.3 is 0 Å². The van der Waals surface area contributed by atoms with Crippen LogP contribution >= 0.6 is 12.4 Å². The molecule has 4 nitrogen and oxygen atoms in total. The number of hydrogen-bond donors (Lipinski definition) is 2. The van der Waals surface area contributed by atoms with Gasteiger partial charge in [-0.1, -0.05) is 44.0 Å². The lowest BCUT2D eigenvalue weighted by molar-refractivity contribution is -0.123. The van der Waals surface area contributed by atoms with Crippen molar-refractivity contribution in [1.29, 1.82) is 0 Å². The molecule has 2 fully saturated rings. The van der Waals surface area contributed by atoms with Crippen molar-refractivity contribution in [2.75, 3.05) is 26.2 Å². The van der Waals surface area contributed by atoms with E-state index in [9.17, 15) is 4.79 Å². The fraction of sp³-hybridized carbons (Fsp3) is 0.632. The molecule has 1 saturated heterocycles. The first-order chi connectivity index (χ1) is 11.3. The van der Waals surface area contributed by atoms with Crippen LogP contribution in [0.4, 0.5) is 0 Å². The summed E-state index contributed by atoms with van der Waals surface area (Å²) in [5.41, 5.74) is 2.67. The third kappa shape index (κ3) is 4.95. The molecule has 134 valence electrons. The summed E-state index contributed by atoms with van der Waals surface area (Å²) in [6, 6.07) is 9.56. The van der Waals surface area contributed by atoms with Crippen LogP contribution in [0.5, 0.6) is 0 Å². The van der Waals surface area contributed by atoms with E-state index in [2.05, 4.69) is 46.7 Å². The lowest BCUT2D eigenvalue weighted by atomic mass is 10.0. The Balaban J connectivity index is 0.00000208. The largest absolute Gasteiger partial charge is 0.352 e. The van der Waals surface area contributed by atoms with E-state index in [1.807, 2.05) is 0 Å². The Labute approximate surface area is 151 Å². The van der Waals surface area contributed by atoms with E-state index in [0.29, 0.717) is 18.6 Å². The highest BCUT2D eigenvalue weighted by atomic mass is 35.5. The molecule has 1 saturated carbocycles. The van der Waals surface area contributed by atoms with Gasteiger partial charge in [-0.25, -0.2) is 0 Å². The smallest absolute Gasteiger partial charge is 0.234 e. The summed E-state index contributed by atoms with van der Waals surface area (Å²) in [6.07, 6.45) is 5.87. The number of carbonyl (C=O) groups excluding carboxylic acids is 1. The highest BCUT2D eigenvalue weighted by Gasteiger charge is 2.26. The van der Waals surface area contributed by atoms with E-state index < -0.39 is 0 Å². The van der Waals surface area contributed by atoms with Crippen molar-refractivity contribution in [3.05, 3.63) is 35.4 Å². The fourth-order valence-electron chi connectivity index (χ4n) is 3.77. The second-order valence-electron chi connectivity index (χ2n) is 6.83. The molecule has 3 rings (SSSR count). The zero-order valence-corrected chi connectivity index (χ0v) is 15.4. The number of aryl methyl sites for hydroxylation is 1.